The molecule has 1 amide bonds. The van der Waals surface area contributed by atoms with Gasteiger partial charge in [-0.15, -0.1) is 0 Å². The molecule has 0 atom stereocenters. The van der Waals surface area contributed by atoms with Crippen molar-refractivity contribution in [3.05, 3.63) is 42.2 Å². The van der Waals surface area contributed by atoms with Crippen LogP contribution in [0.2, 0.25) is 0 Å². The number of hydrogen-bond donors (Lipinski definition) is 1. The number of ether oxygens (including phenoxy) is 1. The zero-order chi connectivity index (χ0) is 20.8. The lowest BCUT2D eigenvalue weighted by atomic mass is 9.95. The van der Waals surface area contributed by atoms with Crippen LogP contribution >= 0.6 is 0 Å². The summed E-state index contributed by atoms with van der Waals surface area (Å²) in [5.74, 6) is 2.35. The van der Waals surface area contributed by atoms with Crippen molar-refractivity contribution < 1.29 is 9.53 Å². The fourth-order valence-electron chi connectivity index (χ4n) is 4.49. The van der Waals surface area contributed by atoms with E-state index in [1.54, 1.807) is 12.4 Å². The largest absolute Gasteiger partial charge is 0.436 e. The van der Waals surface area contributed by atoms with Gasteiger partial charge in [0.2, 0.25) is 5.91 Å². The maximum absolute atomic E-state index is 12.8. The second kappa shape index (κ2) is 9.92. The van der Waals surface area contributed by atoms with Crippen LogP contribution in [0, 0.1) is 12.8 Å². The second-order valence-electron chi connectivity index (χ2n) is 8.56. The smallest absolute Gasteiger partial charge is 0.263 e. The predicted molar refractivity (Wildman–Crippen MR) is 118 cm³/mol. The lowest BCUT2D eigenvalue weighted by Crippen LogP contribution is -2.44. The highest BCUT2D eigenvalue weighted by molar-refractivity contribution is 5.79. The van der Waals surface area contributed by atoms with Crippen LogP contribution in [-0.4, -0.2) is 35.0 Å². The van der Waals surface area contributed by atoms with Crippen LogP contribution in [0.5, 0.6) is 11.6 Å². The molecule has 30 heavy (non-hydrogen) atoms. The first kappa shape index (κ1) is 20.6. The molecular weight excluding hydrogens is 376 g/mol. The van der Waals surface area contributed by atoms with E-state index >= 15 is 0 Å². The van der Waals surface area contributed by atoms with E-state index in [0.29, 0.717) is 11.9 Å². The van der Waals surface area contributed by atoms with Crippen LogP contribution < -0.4 is 15.0 Å². The van der Waals surface area contributed by atoms with Crippen LogP contribution in [0.3, 0.4) is 0 Å². The Kier molecular flexibility index (Phi) is 6.82. The molecule has 0 spiro atoms. The Hall–Kier alpha value is -2.63. The number of rotatable bonds is 5. The maximum atomic E-state index is 12.8. The molecule has 1 saturated carbocycles. The molecule has 1 aromatic heterocycles. The number of anilines is 1. The second-order valence-corrected chi connectivity index (χ2v) is 8.56. The summed E-state index contributed by atoms with van der Waals surface area (Å²) in [6, 6.07) is 8.29. The van der Waals surface area contributed by atoms with E-state index in [2.05, 4.69) is 20.2 Å². The Morgan fingerprint density at radius 2 is 1.77 bits per heavy atom. The van der Waals surface area contributed by atoms with Crippen molar-refractivity contribution in [2.45, 2.75) is 64.3 Å². The summed E-state index contributed by atoms with van der Waals surface area (Å²) in [7, 11) is 0. The van der Waals surface area contributed by atoms with Gasteiger partial charge in [-0.05, 0) is 50.3 Å². The first-order valence-corrected chi connectivity index (χ1v) is 11.3. The van der Waals surface area contributed by atoms with E-state index in [9.17, 15) is 4.79 Å². The minimum Gasteiger partial charge on any atom is -0.436 e. The Morgan fingerprint density at radius 1 is 1.03 bits per heavy atom. The third-order valence-corrected chi connectivity index (χ3v) is 6.22. The standard InChI is InChI=1S/C24H32N4O2/c1-18-7-6-10-21(17-18)30-24-22(25-13-14-26-24)28-15-11-19(12-16-28)23(29)27-20-8-4-2-3-5-9-20/h6-7,10,13-14,17,19-20H,2-5,8-9,11-12,15-16H2,1H3,(H,27,29). The van der Waals surface area contributed by atoms with Gasteiger partial charge >= 0.3 is 0 Å². The highest BCUT2D eigenvalue weighted by atomic mass is 16.5. The zero-order valence-electron chi connectivity index (χ0n) is 17.8. The number of amides is 1. The van der Waals surface area contributed by atoms with E-state index in [1.807, 2.05) is 31.2 Å². The average molecular weight is 409 g/mol. The van der Waals surface area contributed by atoms with E-state index in [-0.39, 0.29) is 11.8 Å². The van der Waals surface area contributed by atoms with Crippen molar-refractivity contribution in [3.63, 3.8) is 0 Å². The van der Waals surface area contributed by atoms with E-state index in [0.717, 1.165) is 55.9 Å². The molecule has 4 rings (SSSR count). The first-order chi connectivity index (χ1) is 14.7. The molecule has 6 heteroatoms. The lowest BCUT2D eigenvalue weighted by Gasteiger charge is -2.33. The third kappa shape index (κ3) is 5.29. The molecule has 6 nitrogen and oxygen atoms in total. The van der Waals surface area contributed by atoms with Crippen molar-refractivity contribution in [1.29, 1.82) is 0 Å². The van der Waals surface area contributed by atoms with Gasteiger partial charge < -0.3 is 15.0 Å². The number of piperidine rings is 1. The number of carbonyl (C=O) groups is 1. The summed E-state index contributed by atoms with van der Waals surface area (Å²) in [5, 5.41) is 3.32. The molecule has 1 aromatic carbocycles. The average Bonchev–Trinajstić information content (AvgIpc) is 3.03. The van der Waals surface area contributed by atoms with Crippen molar-refractivity contribution in [2.75, 3.05) is 18.0 Å². The molecule has 0 radical (unpaired) electrons. The van der Waals surface area contributed by atoms with Gasteiger partial charge in [0.1, 0.15) is 5.75 Å². The van der Waals surface area contributed by atoms with Crippen molar-refractivity contribution in [1.82, 2.24) is 15.3 Å². The molecule has 0 bridgehead atoms. The van der Waals surface area contributed by atoms with E-state index in [4.69, 9.17) is 4.74 Å². The summed E-state index contributed by atoms with van der Waals surface area (Å²) in [5.41, 5.74) is 1.14. The predicted octanol–water partition coefficient (Wildman–Crippen LogP) is 4.63. The van der Waals surface area contributed by atoms with Crippen LogP contribution in [0.25, 0.3) is 0 Å². The van der Waals surface area contributed by atoms with Gasteiger partial charge in [-0.25, -0.2) is 9.97 Å². The highest BCUT2D eigenvalue weighted by Gasteiger charge is 2.28. The van der Waals surface area contributed by atoms with Gasteiger partial charge in [-0.1, -0.05) is 37.8 Å². The fourth-order valence-corrected chi connectivity index (χ4v) is 4.49. The number of aromatic nitrogens is 2. The number of nitrogens with zero attached hydrogens (tertiary/aromatic N) is 3. The summed E-state index contributed by atoms with van der Waals surface area (Å²) >= 11 is 0. The Labute approximate surface area is 179 Å². The minimum absolute atomic E-state index is 0.0855. The molecule has 160 valence electrons. The van der Waals surface area contributed by atoms with Crippen molar-refractivity contribution in [3.8, 4) is 11.6 Å². The Morgan fingerprint density at radius 3 is 2.50 bits per heavy atom. The number of hydrogen-bond acceptors (Lipinski definition) is 5. The molecule has 1 saturated heterocycles. The molecule has 1 aliphatic carbocycles. The van der Waals surface area contributed by atoms with Gasteiger partial charge in [0, 0.05) is 37.4 Å². The van der Waals surface area contributed by atoms with Gasteiger partial charge in [0.15, 0.2) is 5.82 Å². The lowest BCUT2D eigenvalue weighted by molar-refractivity contribution is -0.126. The van der Waals surface area contributed by atoms with Gasteiger partial charge in [-0.2, -0.15) is 0 Å². The summed E-state index contributed by atoms with van der Waals surface area (Å²) in [6.45, 7) is 3.60. The summed E-state index contributed by atoms with van der Waals surface area (Å²) in [6.07, 6.45) is 12.3. The topological polar surface area (TPSA) is 67.4 Å². The van der Waals surface area contributed by atoms with Gasteiger partial charge in [-0.3, -0.25) is 4.79 Å². The highest BCUT2D eigenvalue weighted by Crippen LogP contribution is 2.31. The number of carbonyl (C=O) groups excluding carboxylic acids is 1. The first-order valence-electron chi connectivity index (χ1n) is 11.3. The Balaban J connectivity index is 1.35. The van der Waals surface area contributed by atoms with Crippen molar-refractivity contribution >= 4 is 11.7 Å². The summed E-state index contributed by atoms with van der Waals surface area (Å²) < 4.78 is 6.04. The van der Waals surface area contributed by atoms with Gasteiger partial charge in [0.05, 0.1) is 0 Å². The van der Waals surface area contributed by atoms with Crippen LogP contribution in [0.1, 0.15) is 56.9 Å². The molecule has 1 aliphatic heterocycles. The molecule has 2 heterocycles. The number of benzene rings is 1. The molecule has 2 aliphatic rings. The monoisotopic (exact) mass is 408 g/mol. The number of aryl methyl sites for hydroxylation is 1. The minimum atomic E-state index is 0.0855. The maximum Gasteiger partial charge on any atom is 0.263 e. The van der Waals surface area contributed by atoms with Crippen LogP contribution in [-0.2, 0) is 4.79 Å². The van der Waals surface area contributed by atoms with Crippen LogP contribution in [0.4, 0.5) is 5.82 Å². The van der Waals surface area contributed by atoms with E-state index in [1.165, 1.54) is 25.7 Å². The molecule has 0 unspecified atom stereocenters. The van der Waals surface area contributed by atoms with Crippen molar-refractivity contribution in [2.24, 2.45) is 5.92 Å². The Bertz CT molecular complexity index is 841. The molecule has 2 fully saturated rings. The quantitative estimate of drug-likeness (QED) is 0.731. The van der Waals surface area contributed by atoms with Crippen LogP contribution in [0.15, 0.2) is 36.7 Å². The third-order valence-electron chi connectivity index (χ3n) is 6.22. The zero-order valence-corrected chi connectivity index (χ0v) is 17.8. The molecular formula is C24H32N4O2. The summed E-state index contributed by atoms with van der Waals surface area (Å²) in [4.78, 5) is 23.9. The fraction of sp³-hybridized carbons (Fsp3) is 0.542. The SMILES string of the molecule is Cc1cccc(Oc2nccnc2N2CCC(C(=O)NC3CCCCCC3)CC2)c1. The molecule has 1 N–H and O–H groups in total. The molecule has 2 aromatic rings. The normalized spacial score (nSPS) is 18.6. The van der Waals surface area contributed by atoms with Gasteiger partial charge in [0.25, 0.3) is 5.88 Å². The number of nitrogens with one attached hydrogen (secondary N) is 1. The van der Waals surface area contributed by atoms with E-state index < -0.39 is 0 Å².